The van der Waals surface area contributed by atoms with Crippen molar-refractivity contribution in [3.63, 3.8) is 0 Å². The Morgan fingerprint density at radius 1 is 1.43 bits per heavy atom. The van der Waals surface area contributed by atoms with E-state index in [0.717, 1.165) is 25.9 Å². The van der Waals surface area contributed by atoms with Crippen LogP contribution in [-0.2, 0) is 9.53 Å². The number of hydrogen-bond donors (Lipinski definition) is 0. The maximum Gasteiger partial charge on any atom is 0.331 e. The van der Waals surface area contributed by atoms with E-state index in [1.54, 1.807) is 0 Å². The van der Waals surface area contributed by atoms with Crippen LogP contribution in [0.5, 0.6) is 0 Å². The van der Waals surface area contributed by atoms with E-state index in [2.05, 4.69) is 32.3 Å². The van der Waals surface area contributed by atoms with Crippen molar-refractivity contribution in [3.8, 4) is 0 Å². The van der Waals surface area contributed by atoms with Crippen molar-refractivity contribution in [1.29, 1.82) is 0 Å². The second kappa shape index (κ2) is 7.56. The fourth-order valence-corrected chi connectivity index (χ4v) is 1.38. The van der Waals surface area contributed by atoms with Crippen molar-refractivity contribution in [3.05, 3.63) is 12.7 Å². The Bertz CT molecular complexity index is 176. The Labute approximate surface area is 86.7 Å². The molecule has 3 heteroatoms. The van der Waals surface area contributed by atoms with E-state index >= 15 is 0 Å². The fourth-order valence-electron chi connectivity index (χ4n) is 1.38. The van der Waals surface area contributed by atoms with Crippen LogP contribution in [0.4, 0.5) is 0 Å². The Morgan fingerprint density at radius 3 is 2.36 bits per heavy atom. The molecule has 0 spiro atoms. The highest BCUT2D eigenvalue weighted by Gasteiger charge is 2.17. The molecule has 0 fully saturated rings. The zero-order valence-electron chi connectivity index (χ0n) is 9.45. The van der Waals surface area contributed by atoms with Crippen LogP contribution in [0.3, 0.4) is 0 Å². The average Bonchev–Trinajstić information content (AvgIpc) is 2.19. The molecule has 3 nitrogen and oxygen atoms in total. The SMILES string of the molecule is C=CC(=O)OC(CCC)N(CC)CC. The van der Waals surface area contributed by atoms with E-state index in [4.69, 9.17) is 4.74 Å². The van der Waals surface area contributed by atoms with E-state index in [1.165, 1.54) is 6.08 Å². The maximum atomic E-state index is 11.1. The minimum Gasteiger partial charge on any atom is -0.443 e. The first-order chi connectivity index (χ1) is 6.69. The molecular formula is C11H21NO2. The minimum atomic E-state index is -0.338. The molecule has 0 saturated heterocycles. The predicted molar refractivity (Wildman–Crippen MR) is 57.9 cm³/mol. The highest BCUT2D eigenvalue weighted by Crippen LogP contribution is 2.08. The smallest absolute Gasteiger partial charge is 0.331 e. The highest BCUT2D eigenvalue weighted by atomic mass is 16.6. The molecule has 1 atom stereocenters. The Kier molecular flexibility index (Phi) is 7.11. The van der Waals surface area contributed by atoms with Gasteiger partial charge in [-0.1, -0.05) is 33.8 Å². The van der Waals surface area contributed by atoms with Crippen molar-refractivity contribution in [2.75, 3.05) is 13.1 Å². The van der Waals surface area contributed by atoms with Gasteiger partial charge in [0.25, 0.3) is 0 Å². The summed E-state index contributed by atoms with van der Waals surface area (Å²) in [5, 5.41) is 0. The molecule has 82 valence electrons. The van der Waals surface area contributed by atoms with E-state index in [0.29, 0.717) is 0 Å². The first-order valence-electron chi connectivity index (χ1n) is 5.26. The van der Waals surface area contributed by atoms with Crippen LogP contribution in [0.1, 0.15) is 33.6 Å². The van der Waals surface area contributed by atoms with E-state index in [-0.39, 0.29) is 12.2 Å². The van der Waals surface area contributed by atoms with Crippen LogP contribution in [0.15, 0.2) is 12.7 Å². The van der Waals surface area contributed by atoms with Crippen molar-refractivity contribution >= 4 is 5.97 Å². The average molecular weight is 199 g/mol. The quantitative estimate of drug-likeness (QED) is 0.357. The van der Waals surface area contributed by atoms with Crippen LogP contribution >= 0.6 is 0 Å². The summed E-state index contributed by atoms with van der Waals surface area (Å²) < 4.78 is 5.25. The maximum absolute atomic E-state index is 11.1. The third-order valence-electron chi connectivity index (χ3n) is 2.17. The standard InChI is InChI=1S/C11H21NO2/c1-5-9-10(12(7-3)8-4)14-11(13)6-2/h6,10H,2,5,7-9H2,1,3-4H3. The zero-order chi connectivity index (χ0) is 11.0. The molecule has 14 heavy (non-hydrogen) atoms. The van der Waals surface area contributed by atoms with Gasteiger partial charge < -0.3 is 4.74 Å². The summed E-state index contributed by atoms with van der Waals surface area (Å²) in [5.74, 6) is -0.338. The van der Waals surface area contributed by atoms with E-state index < -0.39 is 0 Å². The first kappa shape index (κ1) is 13.2. The third-order valence-corrected chi connectivity index (χ3v) is 2.17. The summed E-state index contributed by atoms with van der Waals surface area (Å²) in [4.78, 5) is 13.2. The monoisotopic (exact) mass is 199 g/mol. The molecule has 0 bridgehead atoms. The van der Waals surface area contributed by atoms with Gasteiger partial charge in [-0.25, -0.2) is 4.79 Å². The predicted octanol–water partition coefficient (Wildman–Crippen LogP) is 2.18. The van der Waals surface area contributed by atoms with Gasteiger partial charge in [0.05, 0.1) is 0 Å². The minimum absolute atomic E-state index is 0.0968. The van der Waals surface area contributed by atoms with E-state index in [9.17, 15) is 4.79 Å². The number of rotatable bonds is 7. The molecule has 0 aliphatic rings. The Morgan fingerprint density at radius 2 is 2.00 bits per heavy atom. The lowest BCUT2D eigenvalue weighted by atomic mass is 10.2. The van der Waals surface area contributed by atoms with Crippen molar-refractivity contribution in [2.24, 2.45) is 0 Å². The highest BCUT2D eigenvalue weighted by molar-refractivity contribution is 5.81. The molecule has 0 saturated carbocycles. The van der Waals surface area contributed by atoms with Crippen LogP contribution < -0.4 is 0 Å². The van der Waals surface area contributed by atoms with Gasteiger partial charge in [0, 0.05) is 6.08 Å². The second-order valence-corrected chi connectivity index (χ2v) is 3.11. The summed E-state index contributed by atoms with van der Waals surface area (Å²) in [7, 11) is 0. The summed E-state index contributed by atoms with van der Waals surface area (Å²) >= 11 is 0. The van der Waals surface area contributed by atoms with Crippen LogP contribution in [0.25, 0.3) is 0 Å². The number of esters is 1. The van der Waals surface area contributed by atoms with Gasteiger partial charge in [-0.3, -0.25) is 4.90 Å². The lowest BCUT2D eigenvalue weighted by Gasteiger charge is -2.28. The van der Waals surface area contributed by atoms with Gasteiger partial charge in [0.2, 0.25) is 0 Å². The molecule has 0 aliphatic heterocycles. The lowest BCUT2D eigenvalue weighted by Crippen LogP contribution is -2.38. The summed E-state index contributed by atoms with van der Waals surface area (Å²) in [5.41, 5.74) is 0. The number of hydrogen-bond acceptors (Lipinski definition) is 3. The molecule has 0 radical (unpaired) electrons. The molecule has 1 unspecified atom stereocenters. The number of ether oxygens (including phenoxy) is 1. The van der Waals surface area contributed by atoms with Gasteiger partial charge in [0.1, 0.15) is 0 Å². The van der Waals surface area contributed by atoms with Crippen molar-refractivity contribution < 1.29 is 9.53 Å². The van der Waals surface area contributed by atoms with Crippen LogP contribution in [0.2, 0.25) is 0 Å². The van der Waals surface area contributed by atoms with Gasteiger partial charge in [-0.05, 0) is 19.5 Å². The number of nitrogens with zero attached hydrogens (tertiary/aromatic N) is 1. The molecule has 0 rings (SSSR count). The van der Waals surface area contributed by atoms with Crippen molar-refractivity contribution in [2.45, 2.75) is 39.8 Å². The molecule has 0 aliphatic carbocycles. The number of carbonyl (C=O) groups excluding carboxylic acids is 1. The molecule has 0 aromatic carbocycles. The molecule has 0 aromatic rings. The topological polar surface area (TPSA) is 29.5 Å². The normalized spacial score (nSPS) is 12.6. The molecule has 0 amide bonds. The first-order valence-corrected chi connectivity index (χ1v) is 5.26. The largest absolute Gasteiger partial charge is 0.443 e. The lowest BCUT2D eigenvalue weighted by molar-refractivity contribution is -0.153. The summed E-state index contributed by atoms with van der Waals surface area (Å²) in [6.45, 7) is 11.4. The number of carbonyl (C=O) groups is 1. The summed E-state index contributed by atoms with van der Waals surface area (Å²) in [6, 6.07) is 0. The zero-order valence-corrected chi connectivity index (χ0v) is 9.45. The molecular weight excluding hydrogens is 178 g/mol. The third kappa shape index (κ3) is 4.42. The second-order valence-electron chi connectivity index (χ2n) is 3.11. The van der Waals surface area contributed by atoms with Gasteiger partial charge in [-0.2, -0.15) is 0 Å². The molecule has 0 heterocycles. The van der Waals surface area contributed by atoms with Crippen molar-refractivity contribution in [1.82, 2.24) is 4.90 Å². The van der Waals surface area contributed by atoms with Crippen LogP contribution in [-0.4, -0.2) is 30.2 Å². The molecule has 0 aromatic heterocycles. The van der Waals surface area contributed by atoms with Crippen LogP contribution in [0, 0.1) is 0 Å². The van der Waals surface area contributed by atoms with Gasteiger partial charge in [0.15, 0.2) is 6.23 Å². The van der Waals surface area contributed by atoms with Gasteiger partial charge in [-0.15, -0.1) is 0 Å². The Hall–Kier alpha value is -0.830. The van der Waals surface area contributed by atoms with E-state index in [1.807, 2.05) is 0 Å². The molecule has 0 N–H and O–H groups in total. The Balaban J connectivity index is 4.24. The fraction of sp³-hybridized carbons (Fsp3) is 0.727. The summed E-state index contributed by atoms with van der Waals surface area (Å²) in [6.07, 6.45) is 3.00. The van der Waals surface area contributed by atoms with Gasteiger partial charge >= 0.3 is 5.97 Å².